The summed E-state index contributed by atoms with van der Waals surface area (Å²) in [6.07, 6.45) is 0.941. The van der Waals surface area contributed by atoms with Gasteiger partial charge < -0.3 is 20.0 Å². The lowest BCUT2D eigenvalue weighted by atomic mass is 10.1. The van der Waals surface area contributed by atoms with Gasteiger partial charge in [-0.15, -0.1) is 0 Å². The molecule has 0 bridgehead atoms. The SMILES string of the molecule is CNc1ccc(N2CCN(C=O)CC2)cc1N(C)c1ccccc1. The van der Waals surface area contributed by atoms with Crippen molar-refractivity contribution >= 4 is 29.2 Å². The molecule has 1 heterocycles. The minimum atomic E-state index is 0.779. The zero-order valence-electron chi connectivity index (χ0n) is 14.3. The highest BCUT2D eigenvalue weighted by Gasteiger charge is 2.18. The van der Waals surface area contributed by atoms with Crippen LogP contribution >= 0.6 is 0 Å². The summed E-state index contributed by atoms with van der Waals surface area (Å²) in [4.78, 5) is 17.2. The third-order valence-electron chi connectivity index (χ3n) is 4.58. The molecule has 2 aromatic carbocycles. The predicted molar refractivity (Wildman–Crippen MR) is 100 cm³/mol. The highest BCUT2D eigenvalue weighted by molar-refractivity contribution is 5.79. The van der Waals surface area contributed by atoms with Gasteiger partial charge in [0, 0.05) is 51.6 Å². The van der Waals surface area contributed by atoms with Crippen LogP contribution in [0, 0.1) is 0 Å². The summed E-state index contributed by atoms with van der Waals surface area (Å²) >= 11 is 0. The second-order valence-corrected chi connectivity index (χ2v) is 5.97. The Labute approximate surface area is 143 Å². The molecule has 0 saturated carbocycles. The summed E-state index contributed by atoms with van der Waals surface area (Å²) in [7, 11) is 4.03. The smallest absolute Gasteiger partial charge is 0.209 e. The van der Waals surface area contributed by atoms with Gasteiger partial charge in [-0.05, 0) is 30.3 Å². The number of benzene rings is 2. The van der Waals surface area contributed by atoms with E-state index < -0.39 is 0 Å². The summed E-state index contributed by atoms with van der Waals surface area (Å²) in [5, 5.41) is 3.28. The average molecular weight is 324 g/mol. The Morgan fingerprint density at radius 3 is 2.38 bits per heavy atom. The van der Waals surface area contributed by atoms with Crippen LogP contribution in [-0.2, 0) is 4.79 Å². The number of carbonyl (C=O) groups is 1. The Morgan fingerprint density at radius 1 is 1.04 bits per heavy atom. The van der Waals surface area contributed by atoms with Gasteiger partial charge in [-0.2, -0.15) is 0 Å². The van der Waals surface area contributed by atoms with Gasteiger partial charge in [0.1, 0.15) is 0 Å². The minimum Gasteiger partial charge on any atom is -0.386 e. The highest BCUT2D eigenvalue weighted by Crippen LogP contribution is 2.34. The van der Waals surface area contributed by atoms with Gasteiger partial charge in [0.05, 0.1) is 11.4 Å². The molecule has 126 valence electrons. The number of nitrogens with zero attached hydrogens (tertiary/aromatic N) is 3. The van der Waals surface area contributed by atoms with Crippen LogP contribution in [0.15, 0.2) is 48.5 Å². The fraction of sp³-hybridized carbons (Fsp3) is 0.316. The van der Waals surface area contributed by atoms with Gasteiger partial charge in [0.2, 0.25) is 6.41 Å². The largest absolute Gasteiger partial charge is 0.386 e. The van der Waals surface area contributed by atoms with Crippen LogP contribution in [-0.4, -0.2) is 51.6 Å². The molecule has 0 spiro atoms. The molecule has 0 radical (unpaired) electrons. The van der Waals surface area contributed by atoms with Gasteiger partial charge in [0.15, 0.2) is 0 Å². The molecule has 0 aliphatic carbocycles. The van der Waals surface area contributed by atoms with E-state index in [2.05, 4.69) is 52.5 Å². The number of para-hydroxylation sites is 1. The van der Waals surface area contributed by atoms with Gasteiger partial charge >= 0.3 is 0 Å². The lowest BCUT2D eigenvalue weighted by molar-refractivity contribution is -0.118. The molecule has 0 atom stereocenters. The van der Waals surface area contributed by atoms with Crippen LogP contribution < -0.4 is 15.1 Å². The quantitative estimate of drug-likeness (QED) is 0.859. The molecule has 1 amide bonds. The van der Waals surface area contributed by atoms with E-state index in [4.69, 9.17) is 0 Å². The zero-order chi connectivity index (χ0) is 16.9. The van der Waals surface area contributed by atoms with Crippen LogP contribution in [0.5, 0.6) is 0 Å². The first-order valence-corrected chi connectivity index (χ1v) is 8.28. The monoisotopic (exact) mass is 324 g/mol. The Hall–Kier alpha value is -2.69. The van der Waals surface area contributed by atoms with E-state index in [1.54, 1.807) is 0 Å². The third-order valence-corrected chi connectivity index (χ3v) is 4.58. The summed E-state index contributed by atoms with van der Waals surface area (Å²) < 4.78 is 0. The van der Waals surface area contributed by atoms with E-state index in [-0.39, 0.29) is 0 Å². The maximum atomic E-state index is 10.9. The number of piperazine rings is 1. The molecule has 5 heteroatoms. The van der Waals surface area contributed by atoms with Crippen molar-refractivity contribution in [2.45, 2.75) is 0 Å². The first kappa shape index (κ1) is 16.2. The van der Waals surface area contributed by atoms with E-state index in [0.29, 0.717) is 0 Å². The number of carbonyl (C=O) groups excluding carboxylic acids is 1. The molecule has 1 aliphatic heterocycles. The summed E-state index contributed by atoms with van der Waals surface area (Å²) in [5.41, 5.74) is 4.57. The number of hydrogen-bond acceptors (Lipinski definition) is 4. The molecule has 1 aliphatic rings. The van der Waals surface area contributed by atoms with Crippen molar-refractivity contribution in [3.63, 3.8) is 0 Å². The average Bonchev–Trinajstić information content (AvgIpc) is 2.67. The molecular weight excluding hydrogens is 300 g/mol. The Balaban J connectivity index is 1.87. The first-order valence-electron chi connectivity index (χ1n) is 8.28. The Morgan fingerprint density at radius 2 is 1.75 bits per heavy atom. The van der Waals surface area contributed by atoms with E-state index in [1.807, 2.05) is 30.1 Å². The molecule has 0 aromatic heterocycles. The fourth-order valence-corrected chi connectivity index (χ4v) is 3.08. The second-order valence-electron chi connectivity index (χ2n) is 5.97. The Bertz CT molecular complexity index is 681. The van der Waals surface area contributed by atoms with Crippen molar-refractivity contribution in [2.24, 2.45) is 0 Å². The lowest BCUT2D eigenvalue weighted by Gasteiger charge is -2.35. The van der Waals surface area contributed by atoms with Crippen LogP contribution in [0.1, 0.15) is 0 Å². The molecular formula is C19H24N4O. The van der Waals surface area contributed by atoms with Crippen LogP contribution in [0.4, 0.5) is 22.7 Å². The number of hydrogen-bond donors (Lipinski definition) is 1. The Kier molecular flexibility index (Phi) is 4.89. The van der Waals surface area contributed by atoms with Crippen molar-refractivity contribution < 1.29 is 4.79 Å². The predicted octanol–water partition coefficient (Wildman–Crippen LogP) is 2.77. The number of amides is 1. The van der Waals surface area contributed by atoms with Gasteiger partial charge in [-0.1, -0.05) is 18.2 Å². The molecule has 3 rings (SSSR count). The maximum Gasteiger partial charge on any atom is 0.209 e. The molecule has 24 heavy (non-hydrogen) atoms. The summed E-state index contributed by atoms with van der Waals surface area (Å²) in [6.45, 7) is 3.29. The van der Waals surface area contributed by atoms with Crippen molar-refractivity contribution in [2.75, 3.05) is 55.4 Å². The van der Waals surface area contributed by atoms with Crippen LogP contribution in [0.3, 0.4) is 0 Å². The number of rotatable bonds is 5. The summed E-state index contributed by atoms with van der Waals surface area (Å²) in [6, 6.07) is 16.8. The topological polar surface area (TPSA) is 38.8 Å². The molecule has 1 saturated heterocycles. The molecule has 1 N–H and O–H groups in total. The third kappa shape index (κ3) is 3.30. The number of anilines is 4. The molecule has 1 fully saturated rings. The van der Waals surface area contributed by atoms with E-state index in [1.165, 1.54) is 5.69 Å². The van der Waals surface area contributed by atoms with Crippen molar-refractivity contribution in [3.05, 3.63) is 48.5 Å². The number of nitrogens with one attached hydrogen (secondary N) is 1. The maximum absolute atomic E-state index is 10.9. The molecule has 2 aromatic rings. The van der Waals surface area contributed by atoms with Crippen LogP contribution in [0.2, 0.25) is 0 Å². The second kappa shape index (κ2) is 7.25. The van der Waals surface area contributed by atoms with E-state index in [0.717, 1.165) is 49.7 Å². The zero-order valence-corrected chi connectivity index (χ0v) is 14.3. The van der Waals surface area contributed by atoms with Gasteiger partial charge in [-0.25, -0.2) is 0 Å². The van der Waals surface area contributed by atoms with Crippen molar-refractivity contribution in [1.82, 2.24) is 4.90 Å². The van der Waals surface area contributed by atoms with Gasteiger partial charge in [-0.3, -0.25) is 4.79 Å². The summed E-state index contributed by atoms with van der Waals surface area (Å²) in [5.74, 6) is 0. The van der Waals surface area contributed by atoms with Crippen LogP contribution in [0.25, 0.3) is 0 Å². The van der Waals surface area contributed by atoms with E-state index >= 15 is 0 Å². The van der Waals surface area contributed by atoms with E-state index in [9.17, 15) is 4.79 Å². The molecule has 5 nitrogen and oxygen atoms in total. The lowest BCUT2D eigenvalue weighted by Crippen LogP contribution is -2.45. The van der Waals surface area contributed by atoms with Crippen molar-refractivity contribution in [1.29, 1.82) is 0 Å². The first-order chi connectivity index (χ1) is 11.7. The minimum absolute atomic E-state index is 0.779. The fourth-order valence-electron chi connectivity index (χ4n) is 3.08. The molecule has 0 unspecified atom stereocenters. The van der Waals surface area contributed by atoms with Crippen molar-refractivity contribution in [3.8, 4) is 0 Å². The highest BCUT2D eigenvalue weighted by atomic mass is 16.1. The van der Waals surface area contributed by atoms with Gasteiger partial charge in [0.25, 0.3) is 0 Å². The normalized spacial score (nSPS) is 14.4. The standard InChI is InChI=1S/C19H24N4O/c1-20-18-9-8-17(23-12-10-22(15-24)11-13-23)14-19(18)21(2)16-6-4-3-5-7-16/h3-9,14-15,20H,10-13H2,1-2H3.